The van der Waals surface area contributed by atoms with E-state index in [0.29, 0.717) is 48.9 Å². The SMILES string of the molecule is CCOCCOc1ccc(C(=O)Nc2ccc(C(=O)N(CC)c3ccccc3)cc2)cc1. The van der Waals surface area contributed by atoms with Crippen LogP contribution in [-0.4, -0.2) is 38.2 Å². The van der Waals surface area contributed by atoms with Gasteiger partial charge in [0, 0.05) is 35.7 Å². The van der Waals surface area contributed by atoms with E-state index in [0.717, 1.165) is 5.69 Å². The lowest BCUT2D eigenvalue weighted by Gasteiger charge is -2.21. The van der Waals surface area contributed by atoms with Crippen LogP contribution in [0.4, 0.5) is 11.4 Å². The molecule has 0 saturated carbocycles. The van der Waals surface area contributed by atoms with Crippen molar-refractivity contribution in [1.82, 2.24) is 0 Å². The second-order valence-electron chi connectivity index (χ2n) is 6.99. The van der Waals surface area contributed by atoms with Crippen LogP contribution in [-0.2, 0) is 4.74 Å². The number of anilines is 2. The average Bonchev–Trinajstić information content (AvgIpc) is 2.84. The Labute approximate surface area is 188 Å². The van der Waals surface area contributed by atoms with Crippen molar-refractivity contribution in [2.75, 3.05) is 36.6 Å². The Morgan fingerprint density at radius 3 is 2.09 bits per heavy atom. The van der Waals surface area contributed by atoms with E-state index < -0.39 is 0 Å². The van der Waals surface area contributed by atoms with E-state index in [1.165, 1.54) is 0 Å². The van der Waals surface area contributed by atoms with Gasteiger partial charge in [-0.2, -0.15) is 0 Å². The van der Waals surface area contributed by atoms with E-state index in [1.807, 2.05) is 44.2 Å². The Morgan fingerprint density at radius 2 is 1.47 bits per heavy atom. The molecule has 1 N–H and O–H groups in total. The minimum Gasteiger partial charge on any atom is -0.491 e. The molecule has 0 aliphatic carbocycles. The van der Waals surface area contributed by atoms with Crippen molar-refractivity contribution in [3.8, 4) is 5.75 Å². The zero-order valence-corrected chi connectivity index (χ0v) is 18.4. The number of para-hydroxylation sites is 1. The quantitative estimate of drug-likeness (QED) is 0.457. The molecule has 0 aliphatic rings. The monoisotopic (exact) mass is 432 g/mol. The average molecular weight is 433 g/mol. The first-order valence-corrected chi connectivity index (χ1v) is 10.7. The van der Waals surface area contributed by atoms with Gasteiger partial charge < -0.3 is 19.7 Å². The first-order valence-electron chi connectivity index (χ1n) is 10.7. The second kappa shape index (κ2) is 11.7. The smallest absolute Gasteiger partial charge is 0.258 e. The largest absolute Gasteiger partial charge is 0.491 e. The summed E-state index contributed by atoms with van der Waals surface area (Å²) >= 11 is 0. The van der Waals surface area contributed by atoms with Gasteiger partial charge in [-0.25, -0.2) is 0 Å². The number of carbonyl (C=O) groups is 2. The van der Waals surface area contributed by atoms with Crippen LogP contribution in [0.25, 0.3) is 0 Å². The molecule has 166 valence electrons. The van der Waals surface area contributed by atoms with Crippen LogP contribution in [0, 0.1) is 0 Å². The molecule has 0 saturated heterocycles. The predicted octanol–water partition coefficient (Wildman–Crippen LogP) is 5.02. The van der Waals surface area contributed by atoms with E-state index in [-0.39, 0.29) is 11.8 Å². The van der Waals surface area contributed by atoms with Gasteiger partial charge in [-0.1, -0.05) is 18.2 Å². The Kier molecular flexibility index (Phi) is 8.40. The predicted molar refractivity (Wildman–Crippen MR) is 127 cm³/mol. The van der Waals surface area contributed by atoms with E-state index >= 15 is 0 Å². The Balaban J connectivity index is 1.59. The van der Waals surface area contributed by atoms with Crippen molar-refractivity contribution in [2.45, 2.75) is 13.8 Å². The highest BCUT2D eigenvalue weighted by Crippen LogP contribution is 2.19. The molecule has 6 nitrogen and oxygen atoms in total. The zero-order valence-electron chi connectivity index (χ0n) is 18.4. The molecule has 0 spiro atoms. The van der Waals surface area contributed by atoms with Crippen LogP contribution in [0.5, 0.6) is 5.75 Å². The van der Waals surface area contributed by atoms with Crippen molar-refractivity contribution in [2.24, 2.45) is 0 Å². The second-order valence-corrected chi connectivity index (χ2v) is 6.99. The molecule has 0 fully saturated rings. The summed E-state index contributed by atoms with van der Waals surface area (Å²) in [5.41, 5.74) is 2.54. The maximum Gasteiger partial charge on any atom is 0.258 e. The van der Waals surface area contributed by atoms with Crippen LogP contribution < -0.4 is 15.0 Å². The Hall–Kier alpha value is -3.64. The summed E-state index contributed by atoms with van der Waals surface area (Å²) in [6.45, 7) is 6.08. The number of amides is 2. The molecule has 0 atom stereocenters. The molecule has 0 heterocycles. The molecule has 6 heteroatoms. The number of carbonyl (C=O) groups excluding carboxylic acids is 2. The normalized spacial score (nSPS) is 10.4. The van der Waals surface area contributed by atoms with Crippen LogP contribution in [0.1, 0.15) is 34.6 Å². The van der Waals surface area contributed by atoms with Gasteiger partial charge in [-0.3, -0.25) is 9.59 Å². The third-order valence-electron chi connectivity index (χ3n) is 4.84. The maximum absolute atomic E-state index is 12.9. The maximum atomic E-state index is 12.9. The van der Waals surface area contributed by atoms with E-state index in [2.05, 4.69) is 5.32 Å². The number of nitrogens with zero attached hydrogens (tertiary/aromatic N) is 1. The number of hydrogen-bond acceptors (Lipinski definition) is 4. The van der Waals surface area contributed by atoms with Gasteiger partial charge in [-0.05, 0) is 74.5 Å². The van der Waals surface area contributed by atoms with Gasteiger partial charge in [-0.15, -0.1) is 0 Å². The number of benzene rings is 3. The molecule has 3 aromatic rings. The molecular weight excluding hydrogens is 404 g/mol. The molecule has 0 aliphatic heterocycles. The third kappa shape index (κ3) is 6.18. The standard InChI is InChI=1S/C26H28N2O4/c1-3-28(23-8-6-5-7-9-23)26(30)21-10-14-22(15-11-21)27-25(29)20-12-16-24(17-13-20)32-19-18-31-4-2/h5-17H,3-4,18-19H2,1-2H3,(H,27,29). The molecular formula is C26H28N2O4. The Bertz CT molecular complexity index is 1000. The zero-order chi connectivity index (χ0) is 22.8. The van der Waals surface area contributed by atoms with Crippen LogP contribution in [0.2, 0.25) is 0 Å². The van der Waals surface area contributed by atoms with Gasteiger partial charge in [0.1, 0.15) is 12.4 Å². The molecule has 2 amide bonds. The van der Waals surface area contributed by atoms with Crippen molar-refractivity contribution in [3.63, 3.8) is 0 Å². The number of ether oxygens (including phenoxy) is 2. The highest BCUT2D eigenvalue weighted by atomic mass is 16.5. The van der Waals surface area contributed by atoms with Gasteiger partial charge in [0.25, 0.3) is 11.8 Å². The molecule has 0 bridgehead atoms. The third-order valence-corrected chi connectivity index (χ3v) is 4.84. The number of rotatable bonds is 10. The van der Waals surface area contributed by atoms with Crippen LogP contribution in [0.3, 0.4) is 0 Å². The van der Waals surface area contributed by atoms with Gasteiger partial charge in [0.2, 0.25) is 0 Å². The van der Waals surface area contributed by atoms with Gasteiger partial charge >= 0.3 is 0 Å². The summed E-state index contributed by atoms with van der Waals surface area (Å²) < 4.78 is 10.8. The molecule has 32 heavy (non-hydrogen) atoms. The first kappa shape index (κ1) is 23.0. The van der Waals surface area contributed by atoms with E-state index in [4.69, 9.17) is 9.47 Å². The number of nitrogens with one attached hydrogen (secondary N) is 1. The molecule has 0 aromatic heterocycles. The summed E-state index contributed by atoms with van der Waals surface area (Å²) in [6, 6.07) is 23.4. The Morgan fingerprint density at radius 1 is 0.812 bits per heavy atom. The summed E-state index contributed by atoms with van der Waals surface area (Å²) in [4.78, 5) is 27.1. The summed E-state index contributed by atoms with van der Waals surface area (Å²) in [5, 5.41) is 2.85. The fourth-order valence-corrected chi connectivity index (χ4v) is 3.17. The lowest BCUT2D eigenvalue weighted by Crippen LogP contribution is -2.30. The molecule has 3 aromatic carbocycles. The highest BCUT2D eigenvalue weighted by Gasteiger charge is 2.16. The topological polar surface area (TPSA) is 67.9 Å². The highest BCUT2D eigenvalue weighted by molar-refractivity contribution is 6.07. The van der Waals surface area contributed by atoms with E-state index in [1.54, 1.807) is 53.4 Å². The first-order chi connectivity index (χ1) is 15.6. The van der Waals surface area contributed by atoms with Crippen LogP contribution >= 0.6 is 0 Å². The van der Waals surface area contributed by atoms with Gasteiger partial charge in [0.05, 0.1) is 6.61 Å². The van der Waals surface area contributed by atoms with Crippen LogP contribution in [0.15, 0.2) is 78.9 Å². The lowest BCUT2D eigenvalue weighted by molar-refractivity contribution is 0.0987. The molecule has 3 rings (SSSR count). The molecule has 0 radical (unpaired) electrons. The van der Waals surface area contributed by atoms with Crippen molar-refractivity contribution in [1.29, 1.82) is 0 Å². The molecule has 0 unspecified atom stereocenters. The summed E-state index contributed by atoms with van der Waals surface area (Å²) in [6.07, 6.45) is 0. The minimum absolute atomic E-state index is 0.0866. The lowest BCUT2D eigenvalue weighted by atomic mass is 10.1. The number of hydrogen-bond donors (Lipinski definition) is 1. The summed E-state index contributed by atoms with van der Waals surface area (Å²) in [5.74, 6) is 0.365. The van der Waals surface area contributed by atoms with E-state index in [9.17, 15) is 9.59 Å². The van der Waals surface area contributed by atoms with Crippen molar-refractivity contribution in [3.05, 3.63) is 90.0 Å². The fourth-order valence-electron chi connectivity index (χ4n) is 3.17. The fraction of sp³-hybridized carbons (Fsp3) is 0.231. The van der Waals surface area contributed by atoms with Crippen molar-refractivity contribution < 1.29 is 19.1 Å². The van der Waals surface area contributed by atoms with Gasteiger partial charge in [0.15, 0.2) is 0 Å². The van der Waals surface area contributed by atoms with Crippen molar-refractivity contribution >= 4 is 23.2 Å². The summed E-state index contributed by atoms with van der Waals surface area (Å²) in [7, 11) is 0. The minimum atomic E-state index is -0.232.